The normalized spacial score (nSPS) is 10.2. The van der Waals surface area contributed by atoms with Gasteiger partial charge in [0, 0.05) is 10.5 Å². The molecule has 0 saturated carbocycles. The molecule has 1 aromatic heterocycles. The van der Waals surface area contributed by atoms with E-state index in [1.807, 2.05) is 37.3 Å². The standard InChI is InChI=1S/C12H13N3OS/c1-9-7-13-15-12(9)14-11(16)8-17-10-5-3-2-4-6-10/h2-7H,8H2,1H3,(H2,13,14,15,16). The lowest BCUT2D eigenvalue weighted by Gasteiger charge is -2.03. The number of hydrogen-bond donors (Lipinski definition) is 2. The second-order valence-electron chi connectivity index (χ2n) is 3.58. The highest BCUT2D eigenvalue weighted by molar-refractivity contribution is 8.00. The van der Waals surface area contributed by atoms with E-state index in [4.69, 9.17) is 0 Å². The van der Waals surface area contributed by atoms with Crippen LogP contribution in [0.3, 0.4) is 0 Å². The Morgan fingerprint density at radius 3 is 2.82 bits per heavy atom. The Balaban J connectivity index is 1.85. The summed E-state index contributed by atoms with van der Waals surface area (Å²) in [5, 5.41) is 9.37. The number of H-pyrrole nitrogens is 1. The Morgan fingerprint density at radius 2 is 2.18 bits per heavy atom. The van der Waals surface area contributed by atoms with Gasteiger partial charge >= 0.3 is 0 Å². The van der Waals surface area contributed by atoms with Crippen molar-refractivity contribution in [1.29, 1.82) is 0 Å². The number of hydrogen-bond acceptors (Lipinski definition) is 3. The maximum atomic E-state index is 11.7. The van der Waals surface area contributed by atoms with Gasteiger partial charge in [-0.2, -0.15) is 5.10 Å². The van der Waals surface area contributed by atoms with Gasteiger partial charge in [0.2, 0.25) is 5.91 Å². The van der Waals surface area contributed by atoms with Gasteiger partial charge in [0.25, 0.3) is 0 Å². The molecular weight excluding hydrogens is 234 g/mol. The number of aromatic amines is 1. The molecule has 0 aliphatic rings. The highest BCUT2D eigenvalue weighted by Gasteiger charge is 2.06. The summed E-state index contributed by atoms with van der Waals surface area (Å²) in [4.78, 5) is 12.7. The number of nitrogens with zero attached hydrogens (tertiary/aromatic N) is 1. The number of rotatable bonds is 4. The largest absolute Gasteiger partial charge is 0.310 e. The van der Waals surface area contributed by atoms with Crippen molar-refractivity contribution in [3.63, 3.8) is 0 Å². The molecule has 1 amide bonds. The van der Waals surface area contributed by atoms with Crippen molar-refractivity contribution in [1.82, 2.24) is 10.2 Å². The maximum absolute atomic E-state index is 11.7. The molecule has 2 aromatic rings. The van der Waals surface area contributed by atoms with Crippen LogP contribution in [0.4, 0.5) is 5.82 Å². The van der Waals surface area contributed by atoms with Crippen molar-refractivity contribution in [2.75, 3.05) is 11.1 Å². The first-order valence-corrected chi connectivity index (χ1v) is 6.22. The van der Waals surface area contributed by atoms with Crippen LogP contribution in [0.5, 0.6) is 0 Å². The SMILES string of the molecule is Cc1cn[nH]c1NC(=O)CSc1ccccc1. The first-order valence-electron chi connectivity index (χ1n) is 5.23. The van der Waals surface area contributed by atoms with Crippen LogP contribution in [-0.2, 0) is 4.79 Å². The van der Waals surface area contributed by atoms with Crippen molar-refractivity contribution in [2.24, 2.45) is 0 Å². The second-order valence-corrected chi connectivity index (χ2v) is 4.63. The fourth-order valence-electron chi connectivity index (χ4n) is 1.31. The molecule has 2 rings (SSSR count). The van der Waals surface area contributed by atoms with E-state index in [1.165, 1.54) is 11.8 Å². The molecule has 0 saturated heterocycles. The lowest BCUT2D eigenvalue weighted by Crippen LogP contribution is -2.14. The number of amides is 1. The number of aromatic nitrogens is 2. The molecule has 0 radical (unpaired) electrons. The zero-order valence-corrected chi connectivity index (χ0v) is 10.3. The van der Waals surface area contributed by atoms with Gasteiger partial charge in [-0.05, 0) is 19.1 Å². The molecule has 0 atom stereocenters. The minimum atomic E-state index is -0.0359. The van der Waals surface area contributed by atoms with Gasteiger partial charge < -0.3 is 5.32 Å². The third kappa shape index (κ3) is 3.35. The van der Waals surface area contributed by atoms with Gasteiger partial charge in [-0.15, -0.1) is 11.8 Å². The van der Waals surface area contributed by atoms with Gasteiger partial charge in [0.05, 0.1) is 11.9 Å². The molecule has 0 fully saturated rings. The summed E-state index contributed by atoms with van der Waals surface area (Å²) in [6, 6.07) is 9.84. The van der Waals surface area contributed by atoms with E-state index in [0.29, 0.717) is 11.6 Å². The smallest absolute Gasteiger partial charge is 0.235 e. The van der Waals surface area contributed by atoms with Gasteiger partial charge in [-0.3, -0.25) is 9.89 Å². The number of thioether (sulfide) groups is 1. The van der Waals surface area contributed by atoms with Crippen LogP contribution in [0.2, 0.25) is 0 Å². The van der Waals surface area contributed by atoms with Crippen molar-refractivity contribution in [3.05, 3.63) is 42.1 Å². The van der Waals surface area contributed by atoms with E-state index < -0.39 is 0 Å². The average molecular weight is 247 g/mol. The summed E-state index contributed by atoms with van der Waals surface area (Å²) in [7, 11) is 0. The van der Waals surface area contributed by atoms with Gasteiger partial charge in [0.15, 0.2) is 0 Å². The molecule has 0 aliphatic carbocycles. The number of nitrogens with one attached hydrogen (secondary N) is 2. The summed E-state index contributed by atoms with van der Waals surface area (Å²) in [5.41, 5.74) is 0.933. The van der Waals surface area contributed by atoms with Gasteiger partial charge in [0.1, 0.15) is 5.82 Å². The molecule has 0 aliphatic heterocycles. The quantitative estimate of drug-likeness (QED) is 0.816. The molecule has 2 N–H and O–H groups in total. The Labute approximate surface area is 104 Å². The molecule has 17 heavy (non-hydrogen) atoms. The third-order valence-corrected chi connectivity index (χ3v) is 3.22. The minimum absolute atomic E-state index is 0.0359. The van der Waals surface area contributed by atoms with Crippen LogP contribution in [-0.4, -0.2) is 21.9 Å². The minimum Gasteiger partial charge on any atom is -0.310 e. The zero-order valence-electron chi connectivity index (χ0n) is 9.43. The van der Waals surface area contributed by atoms with Crippen molar-refractivity contribution >= 4 is 23.5 Å². The predicted molar refractivity (Wildman–Crippen MR) is 69.1 cm³/mol. The Morgan fingerprint density at radius 1 is 1.41 bits per heavy atom. The summed E-state index contributed by atoms with van der Waals surface area (Å²) < 4.78 is 0. The summed E-state index contributed by atoms with van der Waals surface area (Å²) in [6.07, 6.45) is 1.68. The first kappa shape index (κ1) is 11.7. The maximum Gasteiger partial charge on any atom is 0.235 e. The highest BCUT2D eigenvalue weighted by atomic mass is 32.2. The molecule has 4 nitrogen and oxygen atoms in total. The fraction of sp³-hybridized carbons (Fsp3) is 0.167. The predicted octanol–water partition coefficient (Wildman–Crippen LogP) is 2.45. The fourth-order valence-corrected chi connectivity index (χ4v) is 2.03. The third-order valence-electron chi connectivity index (χ3n) is 2.21. The van der Waals surface area contributed by atoms with E-state index >= 15 is 0 Å². The highest BCUT2D eigenvalue weighted by Crippen LogP contribution is 2.17. The van der Waals surface area contributed by atoms with Crippen LogP contribution in [0, 0.1) is 6.92 Å². The van der Waals surface area contributed by atoms with Crippen LogP contribution < -0.4 is 5.32 Å². The van der Waals surface area contributed by atoms with E-state index in [0.717, 1.165) is 10.5 Å². The molecule has 0 bridgehead atoms. The first-order chi connectivity index (χ1) is 8.25. The monoisotopic (exact) mass is 247 g/mol. The zero-order chi connectivity index (χ0) is 12.1. The van der Waals surface area contributed by atoms with Crippen LogP contribution in [0.15, 0.2) is 41.4 Å². The molecule has 1 aromatic carbocycles. The molecule has 5 heteroatoms. The lowest BCUT2D eigenvalue weighted by atomic mass is 10.4. The van der Waals surface area contributed by atoms with Crippen LogP contribution in [0.1, 0.15) is 5.56 Å². The Kier molecular flexibility index (Phi) is 3.82. The molecule has 0 unspecified atom stereocenters. The summed E-state index contributed by atoms with van der Waals surface area (Å²) >= 11 is 1.51. The number of anilines is 1. The Hall–Kier alpha value is -1.75. The van der Waals surface area contributed by atoms with Crippen molar-refractivity contribution in [3.8, 4) is 0 Å². The van der Waals surface area contributed by atoms with Crippen molar-refractivity contribution < 1.29 is 4.79 Å². The average Bonchev–Trinajstić information content (AvgIpc) is 2.74. The van der Waals surface area contributed by atoms with Crippen LogP contribution in [0.25, 0.3) is 0 Å². The number of carbonyl (C=O) groups is 1. The second kappa shape index (κ2) is 5.54. The van der Waals surface area contributed by atoms with Crippen molar-refractivity contribution in [2.45, 2.75) is 11.8 Å². The van der Waals surface area contributed by atoms with E-state index in [-0.39, 0.29) is 5.91 Å². The number of aryl methyl sites for hydroxylation is 1. The molecule has 0 spiro atoms. The van der Waals surface area contributed by atoms with Gasteiger partial charge in [-0.1, -0.05) is 18.2 Å². The number of carbonyl (C=O) groups excluding carboxylic acids is 1. The van der Waals surface area contributed by atoms with Gasteiger partial charge in [-0.25, -0.2) is 0 Å². The number of benzene rings is 1. The lowest BCUT2D eigenvalue weighted by molar-refractivity contribution is -0.113. The Bertz CT molecular complexity index is 495. The van der Waals surface area contributed by atoms with E-state index in [9.17, 15) is 4.79 Å². The molecular formula is C12H13N3OS. The van der Waals surface area contributed by atoms with E-state index in [2.05, 4.69) is 15.5 Å². The topological polar surface area (TPSA) is 57.8 Å². The van der Waals surface area contributed by atoms with E-state index in [1.54, 1.807) is 6.20 Å². The molecule has 1 heterocycles. The summed E-state index contributed by atoms with van der Waals surface area (Å²) in [5.74, 6) is 1.03. The van der Waals surface area contributed by atoms with Crippen LogP contribution >= 0.6 is 11.8 Å². The summed E-state index contributed by atoms with van der Waals surface area (Å²) in [6.45, 7) is 1.89. The molecule has 88 valence electrons.